The van der Waals surface area contributed by atoms with Crippen LogP contribution in [0.3, 0.4) is 0 Å². The van der Waals surface area contributed by atoms with Crippen molar-refractivity contribution in [2.45, 2.75) is 32.5 Å². The minimum Gasteiger partial charge on any atom is -0.334 e. The molecule has 0 spiro atoms. The van der Waals surface area contributed by atoms with Crippen molar-refractivity contribution in [3.63, 3.8) is 0 Å². The molecule has 0 radical (unpaired) electrons. The van der Waals surface area contributed by atoms with E-state index in [1.807, 2.05) is 0 Å². The van der Waals surface area contributed by atoms with E-state index in [0.717, 1.165) is 24.3 Å². The minimum absolute atomic E-state index is 0.193. The average Bonchev–Trinajstić information content (AvgIpc) is 2.40. The normalized spacial score (nSPS) is 19.6. The molecule has 1 N–H and O–H groups in total. The first-order chi connectivity index (χ1) is 9.77. The van der Waals surface area contributed by atoms with Gasteiger partial charge >= 0.3 is 6.18 Å². The van der Waals surface area contributed by atoms with Gasteiger partial charge in [0.25, 0.3) is 0 Å². The second kappa shape index (κ2) is 6.48. The molecule has 21 heavy (non-hydrogen) atoms. The van der Waals surface area contributed by atoms with Crippen LogP contribution in [0, 0.1) is 5.92 Å². The van der Waals surface area contributed by atoms with Crippen molar-refractivity contribution in [1.82, 2.24) is 0 Å². The highest BCUT2D eigenvalue weighted by Crippen LogP contribution is 2.34. The molecule has 2 rings (SSSR count). The molecule has 1 heterocycles. The van der Waals surface area contributed by atoms with Crippen molar-refractivity contribution >= 4 is 34.2 Å². The first-order valence-corrected chi connectivity index (χ1v) is 7.98. The Kier molecular flexibility index (Phi) is 5.09. The molecule has 1 aromatic carbocycles. The van der Waals surface area contributed by atoms with E-state index in [1.54, 1.807) is 0 Å². The van der Waals surface area contributed by atoms with Crippen LogP contribution < -0.4 is 5.32 Å². The van der Waals surface area contributed by atoms with Gasteiger partial charge in [-0.2, -0.15) is 13.2 Å². The topological polar surface area (TPSA) is 24.4 Å². The fraction of sp³-hybridized carbons (Fsp3) is 0.500. The summed E-state index contributed by atoms with van der Waals surface area (Å²) < 4.78 is 38.2. The van der Waals surface area contributed by atoms with Crippen molar-refractivity contribution < 1.29 is 13.2 Å². The number of hydrogen-bond acceptors (Lipinski definition) is 3. The number of thioether (sulfide) groups is 1. The summed E-state index contributed by atoms with van der Waals surface area (Å²) in [4.78, 5) is 4.54. The lowest BCUT2D eigenvalue weighted by atomic mass is 10.0. The maximum Gasteiger partial charge on any atom is 0.416 e. The number of rotatable bonds is 2. The largest absolute Gasteiger partial charge is 0.416 e. The van der Waals surface area contributed by atoms with E-state index < -0.39 is 11.7 Å². The molecular formula is C14H16ClF3N2S. The zero-order valence-electron chi connectivity index (χ0n) is 11.7. The Labute approximate surface area is 131 Å². The maximum absolute atomic E-state index is 12.7. The van der Waals surface area contributed by atoms with Crippen LogP contribution in [0.25, 0.3) is 0 Å². The first kappa shape index (κ1) is 16.5. The number of benzene rings is 1. The van der Waals surface area contributed by atoms with Crippen LogP contribution in [0.2, 0.25) is 5.02 Å². The van der Waals surface area contributed by atoms with E-state index in [2.05, 4.69) is 24.2 Å². The number of nitrogens with zero attached hydrogens (tertiary/aromatic N) is 1. The molecule has 1 unspecified atom stereocenters. The number of nitrogens with one attached hydrogen (secondary N) is 1. The van der Waals surface area contributed by atoms with Crippen molar-refractivity contribution in [1.29, 1.82) is 0 Å². The van der Waals surface area contributed by atoms with Crippen molar-refractivity contribution in [3.8, 4) is 0 Å². The Morgan fingerprint density at radius 1 is 1.38 bits per heavy atom. The molecule has 0 bridgehead atoms. The second-order valence-corrected chi connectivity index (χ2v) is 6.69. The van der Waals surface area contributed by atoms with Gasteiger partial charge in [-0.1, -0.05) is 37.2 Å². The predicted molar refractivity (Wildman–Crippen MR) is 83.2 cm³/mol. The molecule has 2 nitrogen and oxygen atoms in total. The van der Waals surface area contributed by atoms with Gasteiger partial charge in [0.15, 0.2) is 5.17 Å². The summed E-state index contributed by atoms with van der Waals surface area (Å²) in [5.74, 6) is 1.30. The van der Waals surface area contributed by atoms with Gasteiger partial charge in [-0.05, 0) is 30.5 Å². The molecule has 116 valence electrons. The van der Waals surface area contributed by atoms with Gasteiger partial charge in [0, 0.05) is 5.75 Å². The fourth-order valence-corrected chi connectivity index (χ4v) is 3.10. The van der Waals surface area contributed by atoms with E-state index in [9.17, 15) is 13.2 Å². The van der Waals surface area contributed by atoms with Crippen LogP contribution in [0.4, 0.5) is 18.9 Å². The molecule has 0 aliphatic carbocycles. The Hall–Kier alpha value is -0.880. The lowest BCUT2D eigenvalue weighted by Crippen LogP contribution is -2.24. The third kappa shape index (κ3) is 4.30. The van der Waals surface area contributed by atoms with E-state index in [4.69, 9.17) is 11.6 Å². The highest BCUT2D eigenvalue weighted by Gasteiger charge is 2.31. The molecule has 0 amide bonds. The van der Waals surface area contributed by atoms with Crippen LogP contribution in [0.5, 0.6) is 0 Å². The zero-order valence-corrected chi connectivity index (χ0v) is 13.2. The number of anilines is 1. The molecule has 0 aromatic heterocycles. The maximum atomic E-state index is 12.7. The third-order valence-corrected chi connectivity index (χ3v) is 4.49. The molecule has 1 aliphatic heterocycles. The first-order valence-electron chi connectivity index (χ1n) is 6.61. The predicted octanol–water partition coefficient (Wildman–Crippen LogP) is 5.29. The van der Waals surface area contributed by atoms with E-state index in [-0.39, 0.29) is 16.8 Å². The zero-order chi connectivity index (χ0) is 15.6. The van der Waals surface area contributed by atoms with Gasteiger partial charge in [0.2, 0.25) is 0 Å². The van der Waals surface area contributed by atoms with Crippen LogP contribution >= 0.6 is 23.4 Å². The van der Waals surface area contributed by atoms with Gasteiger partial charge in [-0.3, -0.25) is 4.99 Å². The summed E-state index contributed by atoms with van der Waals surface area (Å²) in [7, 11) is 0. The Balaban J connectivity index is 2.23. The highest BCUT2D eigenvalue weighted by molar-refractivity contribution is 8.14. The standard InChI is InChI=1S/C14H16ClF3N2S/c1-8(2)11-5-6-21-13(19-11)20-12-7-9(14(16,17)18)3-4-10(12)15/h3-4,7-8,11H,5-6H2,1-2H3,(H,19,20). The van der Waals surface area contributed by atoms with Crippen LogP contribution in [0.1, 0.15) is 25.8 Å². The summed E-state index contributed by atoms with van der Waals surface area (Å²) in [5.41, 5.74) is -0.488. The molecule has 0 saturated carbocycles. The fourth-order valence-electron chi connectivity index (χ4n) is 1.99. The Morgan fingerprint density at radius 3 is 2.71 bits per heavy atom. The van der Waals surface area contributed by atoms with Gasteiger partial charge < -0.3 is 5.32 Å². The molecular weight excluding hydrogens is 321 g/mol. The number of halogens is 4. The van der Waals surface area contributed by atoms with Gasteiger partial charge in [-0.25, -0.2) is 0 Å². The van der Waals surface area contributed by atoms with Gasteiger partial charge in [-0.15, -0.1) is 0 Å². The lowest BCUT2D eigenvalue weighted by molar-refractivity contribution is -0.137. The molecule has 1 atom stereocenters. The molecule has 1 aliphatic rings. The van der Waals surface area contributed by atoms with Crippen LogP contribution in [-0.2, 0) is 6.18 Å². The van der Waals surface area contributed by atoms with E-state index in [0.29, 0.717) is 11.1 Å². The van der Waals surface area contributed by atoms with E-state index in [1.165, 1.54) is 17.8 Å². The van der Waals surface area contributed by atoms with Gasteiger partial charge in [0.05, 0.1) is 22.3 Å². The van der Waals surface area contributed by atoms with Crippen LogP contribution in [0.15, 0.2) is 23.2 Å². The summed E-state index contributed by atoms with van der Waals surface area (Å²) >= 11 is 7.47. The monoisotopic (exact) mass is 336 g/mol. The lowest BCUT2D eigenvalue weighted by Gasteiger charge is -2.23. The van der Waals surface area contributed by atoms with E-state index >= 15 is 0 Å². The quantitative estimate of drug-likeness (QED) is 0.793. The minimum atomic E-state index is -4.39. The van der Waals surface area contributed by atoms with Gasteiger partial charge in [0.1, 0.15) is 0 Å². The smallest absolute Gasteiger partial charge is 0.334 e. The number of amidine groups is 1. The second-order valence-electron chi connectivity index (χ2n) is 5.20. The molecule has 0 fully saturated rings. The molecule has 7 heteroatoms. The summed E-state index contributed by atoms with van der Waals surface area (Å²) in [6.07, 6.45) is -3.41. The average molecular weight is 337 g/mol. The summed E-state index contributed by atoms with van der Waals surface area (Å²) in [6.45, 7) is 4.16. The van der Waals surface area contributed by atoms with Crippen LogP contribution in [-0.4, -0.2) is 17.0 Å². The highest BCUT2D eigenvalue weighted by atomic mass is 35.5. The third-order valence-electron chi connectivity index (χ3n) is 3.24. The number of aliphatic imine (C=N–C) groups is 1. The Bertz CT molecular complexity index is 544. The number of hydrogen-bond donors (Lipinski definition) is 1. The summed E-state index contributed by atoms with van der Waals surface area (Å²) in [6, 6.07) is 3.43. The van der Waals surface area contributed by atoms with Crippen molar-refractivity contribution in [3.05, 3.63) is 28.8 Å². The summed E-state index contributed by atoms with van der Waals surface area (Å²) in [5, 5.41) is 3.80. The SMILES string of the molecule is CC(C)C1CCSC(Nc2cc(C(F)(F)F)ccc2Cl)=N1. The molecule has 0 saturated heterocycles. The van der Waals surface area contributed by atoms with Crippen molar-refractivity contribution in [2.75, 3.05) is 11.1 Å². The van der Waals surface area contributed by atoms with Crippen molar-refractivity contribution in [2.24, 2.45) is 10.9 Å². The molecule has 1 aromatic rings. The Morgan fingerprint density at radius 2 is 2.10 bits per heavy atom. The number of alkyl halides is 3.